The lowest BCUT2D eigenvalue weighted by molar-refractivity contribution is 0.185. The third kappa shape index (κ3) is 4.75. The Morgan fingerprint density at radius 3 is 3.06 bits per heavy atom. The van der Waals surface area contributed by atoms with Crippen LogP contribution in [0.3, 0.4) is 0 Å². The van der Waals surface area contributed by atoms with Crippen molar-refractivity contribution < 1.29 is 4.74 Å². The Hall–Kier alpha value is 0.180. The zero-order chi connectivity index (χ0) is 11.9. The van der Waals surface area contributed by atoms with Gasteiger partial charge in [0.15, 0.2) is 8.68 Å². The Balaban J connectivity index is 1.53. The van der Waals surface area contributed by atoms with Crippen molar-refractivity contribution in [2.24, 2.45) is 5.92 Å². The van der Waals surface area contributed by atoms with Crippen molar-refractivity contribution in [1.29, 1.82) is 0 Å². The van der Waals surface area contributed by atoms with Crippen molar-refractivity contribution in [3.63, 3.8) is 0 Å². The summed E-state index contributed by atoms with van der Waals surface area (Å²) in [6.45, 7) is 3.96. The highest BCUT2D eigenvalue weighted by molar-refractivity contribution is 8.02. The molecule has 7 heteroatoms. The molecular formula is C10H17N3OS3. The highest BCUT2D eigenvalue weighted by Crippen LogP contribution is 2.26. The van der Waals surface area contributed by atoms with Gasteiger partial charge in [-0.1, -0.05) is 34.9 Å². The van der Waals surface area contributed by atoms with E-state index in [-0.39, 0.29) is 0 Å². The summed E-state index contributed by atoms with van der Waals surface area (Å²) in [4.78, 5) is 0. The molecular weight excluding hydrogens is 274 g/mol. The van der Waals surface area contributed by atoms with Crippen LogP contribution in [0.5, 0.6) is 0 Å². The van der Waals surface area contributed by atoms with Gasteiger partial charge in [0.05, 0.1) is 6.61 Å². The fraction of sp³-hybridized carbons (Fsp3) is 0.800. The summed E-state index contributed by atoms with van der Waals surface area (Å²) in [5.74, 6) is 1.76. The van der Waals surface area contributed by atoms with Gasteiger partial charge in [-0.15, -0.1) is 10.2 Å². The van der Waals surface area contributed by atoms with E-state index in [1.165, 1.54) is 6.42 Å². The molecule has 1 saturated heterocycles. The topological polar surface area (TPSA) is 47.0 Å². The van der Waals surface area contributed by atoms with E-state index in [0.717, 1.165) is 40.7 Å². The molecule has 17 heavy (non-hydrogen) atoms. The Kier molecular flexibility index (Phi) is 6.07. The molecule has 96 valence electrons. The van der Waals surface area contributed by atoms with E-state index in [9.17, 15) is 0 Å². The van der Waals surface area contributed by atoms with Gasteiger partial charge in [0.2, 0.25) is 0 Å². The lowest BCUT2D eigenvalue weighted by Crippen LogP contribution is -2.25. The average Bonchev–Trinajstić information content (AvgIpc) is 2.99. The summed E-state index contributed by atoms with van der Waals surface area (Å²) in [7, 11) is 0. The van der Waals surface area contributed by atoms with Gasteiger partial charge in [-0.25, -0.2) is 0 Å². The zero-order valence-corrected chi connectivity index (χ0v) is 12.3. The van der Waals surface area contributed by atoms with Crippen LogP contribution in [0.15, 0.2) is 8.68 Å². The molecule has 1 unspecified atom stereocenters. The minimum Gasteiger partial charge on any atom is -0.381 e. The second-order valence-electron chi connectivity index (χ2n) is 3.82. The van der Waals surface area contributed by atoms with Crippen molar-refractivity contribution >= 4 is 34.9 Å². The van der Waals surface area contributed by atoms with Crippen LogP contribution in [0.4, 0.5) is 0 Å². The van der Waals surface area contributed by atoms with Crippen molar-refractivity contribution in [3.05, 3.63) is 0 Å². The Bertz CT molecular complexity index is 328. The first-order valence-corrected chi connectivity index (χ1v) is 8.70. The zero-order valence-electron chi connectivity index (χ0n) is 9.85. The number of rotatable bonds is 7. The molecule has 1 aromatic heterocycles. The molecule has 2 heterocycles. The minimum atomic E-state index is 0.713. The number of aromatic nitrogens is 2. The maximum Gasteiger partial charge on any atom is 0.175 e. The Labute approximate surface area is 114 Å². The third-order valence-corrected chi connectivity index (χ3v) is 5.56. The van der Waals surface area contributed by atoms with E-state index >= 15 is 0 Å². The molecule has 0 aliphatic carbocycles. The third-order valence-electron chi connectivity index (χ3n) is 2.52. The molecule has 1 aromatic rings. The lowest BCUT2D eigenvalue weighted by Gasteiger charge is -2.08. The monoisotopic (exact) mass is 291 g/mol. The molecule has 0 bridgehead atoms. The van der Waals surface area contributed by atoms with Crippen LogP contribution in [-0.2, 0) is 4.74 Å². The summed E-state index contributed by atoms with van der Waals surface area (Å²) >= 11 is 5.10. The van der Waals surface area contributed by atoms with Gasteiger partial charge >= 0.3 is 0 Å². The highest BCUT2D eigenvalue weighted by Gasteiger charge is 2.14. The maximum absolute atomic E-state index is 5.33. The molecule has 1 N–H and O–H groups in total. The van der Waals surface area contributed by atoms with Gasteiger partial charge in [0, 0.05) is 25.4 Å². The van der Waals surface area contributed by atoms with Crippen LogP contribution < -0.4 is 5.32 Å². The number of hydrogen-bond acceptors (Lipinski definition) is 7. The molecule has 0 saturated carbocycles. The van der Waals surface area contributed by atoms with Gasteiger partial charge in [-0.05, 0) is 18.6 Å². The fourth-order valence-electron chi connectivity index (χ4n) is 1.60. The number of nitrogens with one attached hydrogen (secondary N) is 1. The number of hydrogen-bond donors (Lipinski definition) is 1. The largest absolute Gasteiger partial charge is 0.381 e. The fourth-order valence-corrected chi connectivity index (χ4v) is 4.00. The van der Waals surface area contributed by atoms with Crippen LogP contribution in [0.25, 0.3) is 0 Å². The van der Waals surface area contributed by atoms with E-state index in [4.69, 9.17) is 4.74 Å². The molecule has 0 amide bonds. The van der Waals surface area contributed by atoms with Gasteiger partial charge in [-0.2, -0.15) is 0 Å². The minimum absolute atomic E-state index is 0.713. The van der Waals surface area contributed by atoms with Crippen LogP contribution >= 0.6 is 34.9 Å². The smallest absolute Gasteiger partial charge is 0.175 e. The quantitative estimate of drug-likeness (QED) is 0.612. The normalized spacial score (nSPS) is 19.9. The van der Waals surface area contributed by atoms with E-state index in [1.54, 1.807) is 34.9 Å². The standard InChI is InChI=1S/C10H17N3OS3/c1-15-9-12-13-10(17-9)16-5-3-11-6-8-2-4-14-7-8/h8,11H,2-7H2,1H3. The van der Waals surface area contributed by atoms with Gasteiger partial charge in [0.1, 0.15) is 0 Å². The van der Waals surface area contributed by atoms with Crippen LogP contribution in [-0.4, -0.2) is 48.5 Å². The molecule has 1 atom stereocenters. The molecule has 4 nitrogen and oxygen atoms in total. The van der Waals surface area contributed by atoms with Crippen LogP contribution in [0.1, 0.15) is 6.42 Å². The predicted molar refractivity (Wildman–Crippen MR) is 74.2 cm³/mol. The summed E-state index contributed by atoms with van der Waals surface area (Å²) < 4.78 is 7.45. The summed E-state index contributed by atoms with van der Waals surface area (Å²) in [5.41, 5.74) is 0. The van der Waals surface area contributed by atoms with Crippen molar-refractivity contribution in [3.8, 4) is 0 Å². The lowest BCUT2D eigenvalue weighted by atomic mass is 10.1. The summed E-state index contributed by atoms with van der Waals surface area (Å²) in [5, 5.41) is 11.7. The molecule has 0 aromatic carbocycles. The van der Waals surface area contributed by atoms with Gasteiger partial charge < -0.3 is 10.1 Å². The van der Waals surface area contributed by atoms with Crippen LogP contribution in [0.2, 0.25) is 0 Å². The Morgan fingerprint density at radius 1 is 1.47 bits per heavy atom. The summed E-state index contributed by atoms with van der Waals surface area (Å²) in [6, 6.07) is 0. The SMILES string of the molecule is CSc1nnc(SCCNCC2CCOC2)s1. The Morgan fingerprint density at radius 2 is 2.35 bits per heavy atom. The summed E-state index contributed by atoms with van der Waals surface area (Å²) in [6.07, 6.45) is 3.23. The maximum atomic E-state index is 5.33. The second kappa shape index (κ2) is 7.58. The van der Waals surface area contributed by atoms with E-state index in [2.05, 4.69) is 15.5 Å². The molecule has 2 rings (SSSR count). The molecule has 0 radical (unpaired) electrons. The van der Waals surface area contributed by atoms with E-state index < -0.39 is 0 Å². The molecule has 1 aliphatic rings. The number of ether oxygens (including phenoxy) is 1. The van der Waals surface area contributed by atoms with Crippen molar-refractivity contribution in [2.75, 3.05) is 38.3 Å². The number of nitrogens with zero attached hydrogens (tertiary/aromatic N) is 2. The highest BCUT2D eigenvalue weighted by atomic mass is 32.2. The predicted octanol–water partition coefficient (Wildman–Crippen LogP) is 1.98. The van der Waals surface area contributed by atoms with Crippen LogP contribution in [0, 0.1) is 5.92 Å². The number of thioether (sulfide) groups is 2. The van der Waals surface area contributed by atoms with Gasteiger partial charge in [-0.3, -0.25) is 0 Å². The first-order valence-electron chi connectivity index (χ1n) is 5.67. The first-order chi connectivity index (χ1) is 8.38. The average molecular weight is 291 g/mol. The second-order valence-corrected chi connectivity index (χ2v) is 7.19. The van der Waals surface area contributed by atoms with Crippen molar-refractivity contribution in [1.82, 2.24) is 15.5 Å². The van der Waals surface area contributed by atoms with Gasteiger partial charge in [0.25, 0.3) is 0 Å². The van der Waals surface area contributed by atoms with E-state index in [0.29, 0.717) is 5.92 Å². The van der Waals surface area contributed by atoms with E-state index in [1.807, 2.05) is 6.26 Å². The molecule has 1 fully saturated rings. The van der Waals surface area contributed by atoms with Crippen molar-refractivity contribution in [2.45, 2.75) is 15.1 Å². The molecule has 0 spiro atoms. The first kappa shape index (κ1) is 13.6. The molecule has 1 aliphatic heterocycles.